The Balaban J connectivity index is 2.35. The van der Waals surface area contributed by atoms with Crippen LogP contribution in [0.2, 0.25) is 0 Å². The number of hydrogen-bond donors (Lipinski definition) is 1. The van der Waals surface area contributed by atoms with Crippen LogP contribution in [0.25, 0.3) is 0 Å². The molecule has 1 amide bonds. The van der Waals surface area contributed by atoms with Gasteiger partial charge in [0.25, 0.3) is 0 Å². The molecule has 1 aliphatic heterocycles. The summed E-state index contributed by atoms with van der Waals surface area (Å²) in [6.07, 6.45) is 1.20. The number of sulfone groups is 1. The molecule has 0 aromatic heterocycles. The second kappa shape index (κ2) is 6.19. The third kappa shape index (κ3) is 6.89. The van der Waals surface area contributed by atoms with Crippen LogP contribution >= 0.6 is 0 Å². The maximum Gasteiger partial charge on any atom is 0.223 e. The largest absolute Gasteiger partial charge is 0.389 e. The molecule has 6 nitrogen and oxygen atoms in total. The van der Waals surface area contributed by atoms with Crippen molar-refractivity contribution in [2.45, 2.75) is 25.9 Å². The average Bonchev–Trinajstić information content (AvgIpc) is 2.23. The molecule has 0 aliphatic carbocycles. The fourth-order valence-electron chi connectivity index (χ4n) is 2.13. The van der Waals surface area contributed by atoms with Crippen LogP contribution in [-0.4, -0.2) is 79.6 Å². The maximum absolute atomic E-state index is 11.8. The highest BCUT2D eigenvalue weighted by Gasteiger charge is 2.25. The Kier molecular flexibility index (Phi) is 5.34. The molecule has 112 valence electrons. The van der Waals surface area contributed by atoms with Gasteiger partial charge in [0, 0.05) is 45.4 Å². The van der Waals surface area contributed by atoms with Crippen LogP contribution in [0, 0.1) is 0 Å². The van der Waals surface area contributed by atoms with Crippen LogP contribution in [0.5, 0.6) is 0 Å². The van der Waals surface area contributed by atoms with Gasteiger partial charge in [-0.2, -0.15) is 0 Å². The number of amides is 1. The summed E-state index contributed by atoms with van der Waals surface area (Å²) in [5, 5.41) is 9.73. The number of hydrogen-bond acceptors (Lipinski definition) is 5. The van der Waals surface area contributed by atoms with E-state index < -0.39 is 15.4 Å². The lowest BCUT2D eigenvalue weighted by atomic mass is 10.1. The molecule has 0 atom stereocenters. The standard InChI is InChI=1S/C12H24N2O4S/c1-12(2,16)10-13-5-7-14(8-6-13)11(15)4-9-19(3,17)18/h16H,4-10H2,1-3H3. The Morgan fingerprint density at radius 3 is 2.16 bits per heavy atom. The van der Waals surface area contributed by atoms with Crippen LogP contribution in [0.1, 0.15) is 20.3 Å². The molecule has 0 radical (unpaired) electrons. The first-order valence-electron chi connectivity index (χ1n) is 6.47. The van der Waals surface area contributed by atoms with Gasteiger partial charge in [0.15, 0.2) is 0 Å². The van der Waals surface area contributed by atoms with Crippen LogP contribution < -0.4 is 0 Å². The van der Waals surface area contributed by atoms with E-state index in [0.717, 1.165) is 6.26 Å². The van der Waals surface area contributed by atoms with E-state index in [-0.39, 0.29) is 18.1 Å². The highest BCUT2D eigenvalue weighted by atomic mass is 32.2. The molecule has 1 saturated heterocycles. The van der Waals surface area contributed by atoms with Crippen molar-refractivity contribution < 1.29 is 18.3 Å². The minimum Gasteiger partial charge on any atom is -0.389 e. The zero-order valence-electron chi connectivity index (χ0n) is 11.9. The molecule has 0 bridgehead atoms. The summed E-state index contributed by atoms with van der Waals surface area (Å²) in [5.74, 6) is -0.191. The Morgan fingerprint density at radius 1 is 1.21 bits per heavy atom. The van der Waals surface area contributed by atoms with Gasteiger partial charge < -0.3 is 10.0 Å². The number of carbonyl (C=O) groups excluding carboxylic acids is 1. The Hall–Kier alpha value is -0.660. The van der Waals surface area contributed by atoms with E-state index in [2.05, 4.69) is 4.90 Å². The first kappa shape index (κ1) is 16.4. The van der Waals surface area contributed by atoms with Gasteiger partial charge in [-0.25, -0.2) is 8.42 Å². The van der Waals surface area contributed by atoms with Crippen molar-refractivity contribution >= 4 is 15.7 Å². The SMILES string of the molecule is CC(C)(O)CN1CCN(C(=O)CCS(C)(=O)=O)CC1. The van der Waals surface area contributed by atoms with Crippen LogP contribution in [0.4, 0.5) is 0 Å². The van der Waals surface area contributed by atoms with E-state index in [9.17, 15) is 18.3 Å². The molecule has 19 heavy (non-hydrogen) atoms. The lowest BCUT2D eigenvalue weighted by Gasteiger charge is -2.37. The fraction of sp³-hybridized carbons (Fsp3) is 0.917. The number of carbonyl (C=O) groups is 1. The number of piperazine rings is 1. The van der Waals surface area contributed by atoms with Gasteiger partial charge in [-0.1, -0.05) is 0 Å². The molecule has 0 saturated carbocycles. The highest BCUT2D eigenvalue weighted by molar-refractivity contribution is 7.90. The van der Waals surface area contributed by atoms with Crippen molar-refractivity contribution in [2.75, 3.05) is 44.7 Å². The third-order valence-electron chi connectivity index (χ3n) is 3.02. The maximum atomic E-state index is 11.8. The van der Waals surface area contributed by atoms with E-state index in [1.165, 1.54) is 0 Å². The summed E-state index contributed by atoms with van der Waals surface area (Å²) in [6, 6.07) is 0. The van der Waals surface area contributed by atoms with Gasteiger partial charge in [-0.05, 0) is 13.8 Å². The van der Waals surface area contributed by atoms with Crippen molar-refractivity contribution in [1.29, 1.82) is 0 Å². The highest BCUT2D eigenvalue weighted by Crippen LogP contribution is 2.09. The summed E-state index contributed by atoms with van der Waals surface area (Å²) in [7, 11) is -3.08. The zero-order chi connectivity index (χ0) is 14.7. The van der Waals surface area contributed by atoms with E-state index in [4.69, 9.17) is 0 Å². The van der Waals surface area contributed by atoms with Crippen LogP contribution in [0.3, 0.4) is 0 Å². The Bertz CT molecular complexity index is 406. The lowest BCUT2D eigenvalue weighted by molar-refractivity contribution is -0.132. The molecular weight excluding hydrogens is 268 g/mol. The molecule has 1 rings (SSSR count). The molecule has 1 N–H and O–H groups in total. The van der Waals surface area contributed by atoms with Crippen molar-refractivity contribution in [3.63, 3.8) is 0 Å². The number of β-amino-alcohol motifs (C(OH)–C–C–N with tert-alkyl or cyclic N) is 1. The van der Waals surface area contributed by atoms with Crippen LogP contribution in [0.15, 0.2) is 0 Å². The number of aliphatic hydroxyl groups is 1. The molecular formula is C12H24N2O4S. The fourth-order valence-corrected chi connectivity index (χ4v) is 2.68. The van der Waals surface area contributed by atoms with E-state index in [1.807, 2.05) is 0 Å². The summed E-state index contributed by atoms with van der Waals surface area (Å²) in [5.41, 5.74) is -0.734. The summed E-state index contributed by atoms with van der Waals surface area (Å²) >= 11 is 0. The summed E-state index contributed by atoms with van der Waals surface area (Å²) < 4.78 is 22.0. The van der Waals surface area contributed by atoms with E-state index >= 15 is 0 Å². The smallest absolute Gasteiger partial charge is 0.223 e. The molecule has 0 spiro atoms. The second-order valence-corrected chi connectivity index (χ2v) is 8.11. The van der Waals surface area contributed by atoms with Gasteiger partial charge in [-0.3, -0.25) is 9.69 Å². The molecule has 1 fully saturated rings. The average molecular weight is 292 g/mol. The molecule has 0 aromatic rings. The predicted octanol–water partition coefficient (Wildman–Crippen LogP) is -0.664. The van der Waals surface area contributed by atoms with Crippen LogP contribution in [-0.2, 0) is 14.6 Å². The van der Waals surface area contributed by atoms with Crippen molar-refractivity contribution in [3.8, 4) is 0 Å². The molecule has 1 aliphatic rings. The zero-order valence-corrected chi connectivity index (χ0v) is 12.7. The van der Waals surface area contributed by atoms with Gasteiger partial charge >= 0.3 is 0 Å². The van der Waals surface area contributed by atoms with Crippen molar-refractivity contribution in [3.05, 3.63) is 0 Å². The number of rotatable bonds is 5. The summed E-state index contributed by atoms with van der Waals surface area (Å²) in [6.45, 7) is 6.73. The molecule has 0 unspecified atom stereocenters. The molecule has 7 heteroatoms. The van der Waals surface area contributed by atoms with Gasteiger partial charge in [0.1, 0.15) is 9.84 Å². The lowest BCUT2D eigenvalue weighted by Crippen LogP contribution is -2.52. The quantitative estimate of drug-likeness (QED) is 0.727. The monoisotopic (exact) mass is 292 g/mol. The first-order valence-corrected chi connectivity index (χ1v) is 8.53. The van der Waals surface area contributed by atoms with Gasteiger partial charge in [-0.15, -0.1) is 0 Å². The first-order chi connectivity index (χ1) is 8.57. The molecule has 0 aromatic carbocycles. The van der Waals surface area contributed by atoms with E-state index in [1.54, 1.807) is 18.7 Å². The predicted molar refractivity (Wildman–Crippen MR) is 73.6 cm³/mol. The Labute approximate surface area is 115 Å². The Morgan fingerprint density at radius 2 is 1.74 bits per heavy atom. The summed E-state index contributed by atoms with van der Waals surface area (Å²) in [4.78, 5) is 15.6. The van der Waals surface area contributed by atoms with Crippen molar-refractivity contribution in [2.24, 2.45) is 0 Å². The van der Waals surface area contributed by atoms with Gasteiger partial charge in [0.2, 0.25) is 5.91 Å². The minimum atomic E-state index is -3.08. The van der Waals surface area contributed by atoms with Gasteiger partial charge in [0.05, 0.1) is 11.4 Å². The normalized spacial score (nSPS) is 18.6. The molecule has 1 heterocycles. The third-order valence-corrected chi connectivity index (χ3v) is 3.97. The topological polar surface area (TPSA) is 77.9 Å². The van der Waals surface area contributed by atoms with Crippen molar-refractivity contribution in [1.82, 2.24) is 9.80 Å². The second-order valence-electron chi connectivity index (χ2n) is 5.85. The minimum absolute atomic E-state index is 0.0598. The van der Waals surface area contributed by atoms with E-state index in [0.29, 0.717) is 32.7 Å². The number of nitrogens with zero attached hydrogens (tertiary/aromatic N) is 2.